The van der Waals surface area contributed by atoms with Crippen molar-refractivity contribution in [3.8, 4) is 23.0 Å². The minimum atomic E-state index is -0.0777. The predicted molar refractivity (Wildman–Crippen MR) is 98.3 cm³/mol. The van der Waals surface area contributed by atoms with E-state index in [4.69, 9.17) is 18.9 Å². The number of ether oxygens (including phenoxy) is 4. The van der Waals surface area contributed by atoms with Gasteiger partial charge in [-0.2, -0.15) is 0 Å². The number of hydrogen-bond donors (Lipinski definition) is 2. The van der Waals surface area contributed by atoms with Gasteiger partial charge in [-0.15, -0.1) is 0 Å². The summed E-state index contributed by atoms with van der Waals surface area (Å²) in [6.07, 6.45) is 0.832. The van der Waals surface area contributed by atoms with Crippen LogP contribution in [0.1, 0.15) is 29.8 Å². The quantitative estimate of drug-likeness (QED) is 0.854. The van der Waals surface area contributed by atoms with Crippen molar-refractivity contribution in [1.29, 1.82) is 0 Å². The molecule has 2 bridgehead atoms. The van der Waals surface area contributed by atoms with Crippen molar-refractivity contribution in [1.82, 2.24) is 0 Å². The molecule has 144 valence electrons. The minimum Gasteiger partial charge on any atom is -0.504 e. The van der Waals surface area contributed by atoms with Crippen LogP contribution in [-0.2, 0) is 9.47 Å². The van der Waals surface area contributed by atoms with Crippen molar-refractivity contribution in [2.45, 2.75) is 18.6 Å². The lowest BCUT2D eigenvalue weighted by atomic mass is 9.79. The molecule has 0 spiro atoms. The Morgan fingerprint density at radius 2 is 1.22 bits per heavy atom. The number of phenols is 2. The van der Waals surface area contributed by atoms with Gasteiger partial charge in [-0.05, 0) is 41.8 Å². The van der Waals surface area contributed by atoms with Gasteiger partial charge in [0, 0.05) is 11.8 Å². The maximum atomic E-state index is 9.81. The molecule has 2 aliphatic heterocycles. The molecule has 2 heterocycles. The predicted octanol–water partition coefficient (Wildman–Crippen LogP) is 3.58. The van der Waals surface area contributed by atoms with Gasteiger partial charge in [-0.25, -0.2) is 0 Å². The number of fused-ring (bicyclic) bond motifs is 2. The summed E-state index contributed by atoms with van der Waals surface area (Å²) in [4.78, 5) is 0. The molecule has 0 radical (unpaired) electrons. The van der Waals surface area contributed by atoms with Gasteiger partial charge in [0.05, 0.1) is 39.6 Å². The molecule has 2 aliphatic rings. The molecule has 2 saturated heterocycles. The standard InChI is InChI=1S/C21H24O6/c1-24-18-8-12(3-5-16(18)22)20-14-7-15(11-26-20)21(27-10-14)13-4-6-17(23)19(9-13)25-2/h3-6,8-9,14-15,20-23H,7,10-11H2,1-2H3. The highest BCUT2D eigenvalue weighted by molar-refractivity contribution is 5.44. The first kappa shape index (κ1) is 17.9. The van der Waals surface area contributed by atoms with Crippen molar-refractivity contribution in [3.63, 3.8) is 0 Å². The Hall–Kier alpha value is -2.44. The maximum Gasteiger partial charge on any atom is 0.160 e. The van der Waals surface area contributed by atoms with E-state index in [-0.39, 0.29) is 35.5 Å². The van der Waals surface area contributed by atoms with E-state index in [0.29, 0.717) is 24.7 Å². The van der Waals surface area contributed by atoms with Crippen LogP contribution < -0.4 is 9.47 Å². The highest BCUT2D eigenvalue weighted by Gasteiger charge is 2.41. The van der Waals surface area contributed by atoms with Gasteiger partial charge in [-0.1, -0.05) is 12.1 Å². The van der Waals surface area contributed by atoms with Crippen LogP contribution >= 0.6 is 0 Å². The largest absolute Gasteiger partial charge is 0.504 e. The van der Waals surface area contributed by atoms with Crippen molar-refractivity contribution >= 4 is 0 Å². The lowest BCUT2D eigenvalue weighted by Crippen LogP contribution is -2.40. The van der Waals surface area contributed by atoms with E-state index < -0.39 is 0 Å². The number of phenolic OH excluding ortho intramolecular Hbond substituents is 2. The van der Waals surface area contributed by atoms with Gasteiger partial charge in [-0.3, -0.25) is 0 Å². The Morgan fingerprint density at radius 3 is 1.63 bits per heavy atom. The second-order valence-electron chi connectivity index (χ2n) is 7.13. The molecule has 2 aromatic rings. The molecule has 4 unspecified atom stereocenters. The topological polar surface area (TPSA) is 77.4 Å². The van der Waals surface area contributed by atoms with Gasteiger partial charge in [0.25, 0.3) is 0 Å². The van der Waals surface area contributed by atoms with E-state index in [0.717, 1.165) is 17.5 Å². The smallest absolute Gasteiger partial charge is 0.160 e. The highest BCUT2D eigenvalue weighted by Crippen LogP contribution is 2.47. The van der Waals surface area contributed by atoms with E-state index in [1.54, 1.807) is 12.1 Å². The molecular weight excluding hydrogens is 348 g/mol. The number of benzene rings is 2. The SMILES string of the molecule is COc1cc(C2OCC3CC2COC3c2ccc(O)c(OC)c2)ccc1O. The second-order valence-corrected chi connectivity index (χ2v) is 7.13. The lowest BCUT2D eigenvalue weighted by molar-refractivity contribution is -0.171. The molecule has 2 fully saturated rings. The Balaban J connectivity index is 1.52. The first-order chi connectivity index (χ1) is 13.1. The number of aromatic hydroxyl groups is 2. The zero-order valence-corrected chi connectivity index (χ0v) is 15.4. The fourth-order valence-electron chi connectivity index (χ4n) is 4.15. The van der Waals surface area contributed by atoms with Crippen LogP contribution in [0, 0.1) is 11.8 Å². The maximum absolute atomic E-state index is 9.81. The van der Waals surface area contributed by atoms with Crippen LogP contribution in [0.5, 0.6) is 23.0 Å². The molecule has 6 nitrogen and oxygen atoms in total. The summed E-state index contributed by atoms with van der Waals surface area (Å²) in [7, 11) is 3.08. The van der Waals surface area contributed by atoms with Crippen LogP contribution in [0.15, 0.2) is 36.4 Å². The molecule has 2 aromatic carbocycles. The van der Waals surface area contributed by atoms with Gasteiger partial charge >= 0.3 is 0 Å². The third-order valence-electron chi connectivity index (χ3n) is 5.51. The molecule has 0 amide bonds. The van der Waals surface area contributed by atoms with Crippen LogP contribution in [0.3, 0.4) is 0 Å². The molecule has 0 saturated carbocycles. The van der Waals surface area contributed by atoms with E-state index in [1.165, 1.54) is 14.2 Å². The highest BCUT2D eigenvalue weighted by atomic mass is 16.5. The average Bonchev–Trinajstić information content (AvgIpc) is 2.70. The molecule has 0 aliphatic carbocycles. The average molecular weight is 372 g/mol. The van der Waals surface area contributed by atoms with Gasteiger partial charge in [0.15, 0.2) is 23.0 Å². The third kappa shape index (κ3) is 3.31. The van der Waals surface area contributed by atoms with Crippen molar-refractivity contribution in [3.05, 3.63) is 47.5 Å². The number of hydrogen-bond acceptors (Lipinski definition) is 6. The van der Waals surface area contributed by atoms with Crippen LogP contribution in [-0.4, -0.2) is 37.6 Å². The van der Waals surface area contributed by atoms with Gasteiger partial charge in [0.1, 0.15) is 0 Å². The summed E-state index contributed by atoms with van der Waals surface area (Å²) in [5, 5.41) is 19.6. The first-order valence-electron chi connectivity index (χ1n) is 9.07. The van der Waals surface area contributed by atoms with Gasteiger partial charge < -0.3 is 29.2 Å². The van der Waals surface area contributed by atoms with E-state index >= 15 is 0 Å². The molecule has 6 heteroatoms. The summed E-state index contributed by atoms with van der Waals surface area (Å²) in [5.74, 6) is 1.63. The minimum absolute atomic E-state index is 0.0777. The fourth-order valence-corrected chi connectivity index (χ4v) is 4.15. The third-order valence-corrected chi connectivity index (χ3v) is 5.51. The van der Waals surface area contributed by atoms with E-state index in [9.17, 15) is 10.2 Å². The molecule has 2 N–H and O–H groups in total. The number of rotatable bonds is 4. The molecule has 27 heavy (non-hydrogen) atoms. The Bertz CT molecular complexity index is 753. The molecule has 4 atom stereocenters. The Labute approximate surface area is 158 Å². The van der Waals surface area contributed by atoms with Crippen LogP contribution in [0.25, 0.3) is 0 Å². The zero-order chi connectivity index (χ0) is 19.0. The summed E-state index contributed by atoms with van der Waals surface area (Å²) < 4.78 is 22.8. The van der Waals surface area contributed by atoms with Crippen molar-refractivity contribution in [2.75, 3.05) is 27.4 Å². The Kier molecular flexibility index (Phi) is 4.85. The van der Waals surface area contributed by atoms with Gasteiger partial charge in [0.2, 0.25) is 0 Å². The molecular formula is C21H24O6. The monoisotopic (exact) mass is 372 g/mol. The summed E-state index contributed by atoms with van der Waals surface area (Å²) >= 11 is 0. The van der Waals surface area contributed by atoms with Crippen LogP contribution in [0.2, 0.25) is 0 Å². The second kappa shape index (κ2) is 7.29. The first-order valence-corrected chi connectivity index (χ1v) is 9.07. The van der Waals surface area contributed by atoms with E-state index in [2.05, 4.69) is 0 Å². The summed E-state index contributed by atoms with van der Waals surface area (Å²) in [5.41, 5.74) is 1.97. The van der Waals surface area contributed by atoms with Crippen molar-refractivity contribution < 1.29 is 29.2 Å². The van der Waals surface area contributed by atoms with Crippen molar-refractivity contribution in [2.24, 2.45) is 11.8 Å². The zero-order valence-electron chi connectivity index (χ0n) is 15.4. The molecule has 4 rings (SSSR count). The summed E-state index contributed by atoms with van der Waals surface area (Å²) in [6, 6.07) is 10.7. The van der Waals surface area contributed by atoms with E-state index in [1.807, 2.05) is 24.3 Å². The Morgan fingerprint density at radius 1 is 0.778 bits per heavy atom. The van der Waals surface area contributed by atoms with Crippen LogP contribution in [0.4, 0.5) is 0 Å². The lowest BCUT2D eigenvalue weighted by Gasteiger charge is -2.44. The molecule has 0 aromatic heterocycles. The normalized spacial score (nSPS) is 27.2. The summed E-state index contributed by atoms with van der Waals surface area (Å²) in [6.45, 7) is 1.16. The number of methoxy groups -OCH3 is 2. The fraction of sp³-hybridized carbons (Fsp3) is 0.429.